The largest absolute Gasteiger partial charge is 0.487 e. The molecule has 2 amide bonds. The highest BCUT2D eigenvalue weighted by Gasteiger charge is 2.34. The highest BCUT2D eigenvalue weighted by molar-refractivity contribution is 9.11. The fraction of sp³-hybridized carbons (Fsp3) is 0.200. The van der Waals surface area contributed by atoms with Crippen molar-refractivity contribution in [3.8, 4) is 5.75 Å². The van der Waals surface area contributed by atoms with Crippen molar-refractivity contribution in [1.82, 2.24) is 4.90 Å². The van der Waals surface area contributed by atoms with Gasteiger partial charge in [-0.2, -0.15) is 0 Å². The molecule has 3 rings (SSSR count). The van der Waals surface area contributed by atoms with Gasteiger partial charge in [-0.3, -0.25) is 14.5 Å². The Morgan fingerprint density at radius 2 is 1.79 bits per heavy atom. The van der Waals surface area contributed by atoms with E-state index < -0.39 is 0 Å². The summed E-state index contributed by atoms with van der Waals surface area (Å²) in [7, 11) is 0. The van der Waals surface area contributed by atoms with Crippen LogP contribution in [0.5, 0.6) is 5.75 Å². The molecule has 0 N–H and O–H groups in total. The van der Waals surface area contributed by atoms with E-state index in [1.54, 1.807) is 18.2 Å². The van der Waals surface area contributed by atoms with Crippen LogP contribution >= 0.6 is 66.8 Å². The van der Waals surface area contributed by atoms with Gasteiger partial charge in [0.1, 0.15) is 12.4 Å². The van der Waals surface area contributed by atoms with Crippen LogP contribution in [0.1, 0.15) is 24.5 Å². The second-order valence-corrected chi connectivity index (χ2v) is 9.70. The highest BCUT2D eigenvalue weighted by Crippen LogP contribution is 2.38. The van der Waals surface area contributed by atoms with Gasteiger partial charge in [-0.1, -0.05) is 36.2 Å². The first kappa shape index (κ1) is 22.7. The number of rotatable bonds is 6. The van der Waals surface area contributed by atoms with E-state index in [1.165, 1.54) is 4.90 Å². The Labute approximate surface area is 199 Å². The molecule has 0 saturated carbocycles. The number of halogens is 4. The van der Waals surface area contributed by atoms with E-state index in [2.05, 4.69) is 31.9 Å². The zero-order valence-corrected chi connectivity index (χ0v) is 20.7. The third-order valence-corrected chi connectivity index (χ3v) is 6.83. The van der Waals surface area contributed by atoms with Crippen molar-refractivity contribution < 1.29 is 14.3 Å². The monoisotopic (exact) mass is 577 g/mol. The summed E-state index contributed by atoms with van der Waals surface area (Å²) < 4.78 is 7.34. The molecule has 1 aliphatic rings. The summed E-state index contributed by atoms with van der Waals surface area (Å²) in [6.45, 7) is 2.66. The van der Waals surface area contributed by atoms with Gasteiger partial charge >= 0.3 is 0 Å². The van der Waals surface area contributed by atoms with Crippen LogP contribution in [-0.2, 0) is 11.4 Å². The normalized spacial score (nSPS) is 15.5. The predicted octanol–water partition coefficient (Wildman–Crippen LogP) is 7.54. The molecule has 1 aliphatic heterocycles. The number of ether oxygens (including phenoxy) is 1. The van der Waals surface area contributed by atoms with Crippen LogP contribution in [0.15, 0.2) is 44.2 Å². The Morgan fingerprint density at radius 1 is 1.10 bits per heavy atom. The van der Waals surface area contributed by atoms with E-state index in [1.807, 2.05) is 25.1 Å². The Balaban J connectivity index is 1.78. The summed E-state index contributed by atoms with van der Waals surface area (Å²) in [4.78, 5) is 26.1. The summed E-state index contributed by atoms with van der Waals surface area (Å²) in [6.07, 6.45) is 2.44. The van der Waals surface area contributed by atoms with Crippen LogP contribution in [0.2, 0.25) is 10.0 Å². The van der Waals surface area contributed by atoms with E-state index in [9.17, 15) is 9.59 Å². The molecule has 0 spiro atoms. The molecule has 0 bridgehead atoms. The molecule has 29 heavy (non-hydrogen) atoms. The minimum absolute atomic E-state index is 0.234. The van der Waals surface area contributed by atoms with Crippen LogP contribution in [-0.4, -0.2) is 22.6 Å². The lowest BCUT2D eigenvalue weighted by Gasteiger charge is -2.12. The summed E-state index contributed by atoms with van der Waals surface area (Å²) >= 11 is 20.0. The minimum atomic E-state index is -0.256. The van der Waals surface area contributed by atoms with Gasteiger partial charge < -0.3 is 4.74 Å². The van der Waals surface area contributed by atoms with Crippen molar-refractivity contribution in [3.63, 3.8) is 0 Å². The third-order valence-electron chi connectivity index (χ3n) is 4.01. The number of hydrogen-bond acceptors (Lipinski definition) is 4. The number of imide groups is 1. The summed E-state index contributed by atoms with van der Waals surface area (Å²) in [5.74, 6) is 0.362. The SMILES string of the molecule is CCCN1C(=O)S/C(=C/c2cc(Br)c(OCc3ccc(Cl)c(Cl)c3)c(Br)c2)C1=O. The van der Waals surface area contributed by atoms with Crippen molar-refractivity contribution in [2.45, 2.75) is 20.0 Å². The molecule has 0 unspecified atom stereocenters. The molecule has 1 heterocycles. The smallest absolute Gasteiger partial charge is 0.293 e. The van der Waals surface area contributed by atoms with Crippen LogP contribution in [0.25, 0.3) is 6.08 Å². The molecule has 152 valence electrons. The summed E-state index contributed by atoms with van der Waals surface area (Å²) in [5, 5.41) is 0.728. The number of carbonyl (C=O) groups is 2. The van der Waals surface area contributed by atoms with Gasteiger partial charge in [0.25, 0.3) is 11.1 Å². The molecule has 4 nitrogen and oxygen atoms in total. The Morgan fingerprint density at radius 3 is 2.41 bits per heavy atom. The minimum Gasteiger partial charge on any atom is -0.487 e. The second kappa shape index (κ2) is 9.88. The number of carbonyl (C=O) groups excluding carboxylic acids is 2. The van der Waals surface area contributed by atoms with Gasteiger partial charge in [0.15, 0.2) is 0 Å². The molecule has 1 saturated heterocycles. The zero-order chi connectivity index (χ0) is 21.1. The zero-order valence-electron chi connectivity index (χ0n) is 15.2. The fourth-order valence-electron chi connectivity index (χ4n) is 2.65. The summed E-state index contributed by atoms with van der Waals surface area (Å²) in [5.41, 5.74) is 1.65. The van der Waals surface area contributed by atoms with Crippen LogP contribution in [0.4, 0.5) is 4.79 Å². The van der Waals surface area contributed by atoms with Crippen molar-refractivity contribution >= 4 is 84.0 Å². The molecule has 2 aromatic carbocycles. The molecule has 9 heteroatoms. The Bertz CT molecular complexity index is 990. The maximum Gasteiger partial charge on any atom is 0.293 e. The van der Waals surface area contributed by atoms with E-state index in [-0.39, 0.29) is 11.1 Å². The first-order chi connectivity index (χ1) is 13.8. The molecule has 0 atom stereocenters. The van der Waals surface area contributed by atoms with Crippen molar-refractivity contribution in [1.29, 1.82) is 0 Å². The van der Waals surface area contributed by atoms with Crippen LogP contribution in [0.3, 0.4) is 0 Å². The maximum absolute atomic E-state index is 12.4. The Hall–Kier alpha value is -0.990. The number of thioether (sulfide) groups is 1. The lowest BCUT2D eigenvalue weighted by molar-refractivity contribution is -0.122. The molecule has 0 aliphatic carbocycles. The lowest BCUT2D eigenvalue weighted by Crippen LogP contribution is -2.28. The van der Waals surface area contributed by atoms with Gasteiger partial charge in [-0.05, 0) is 91.5 Å². The van der Waals surface area contributed by atoms with E-state index in [0.717, 1.165) is 29.3 Å². The van der Waals surface area contributed by atoms with Crippen molar-refractivity contribution in [2.75, 3.05) is 6.54 Å². The van der Waals surface area contributed by atoms with Crippen molar-refractivity contribution in [2.24, 2.45) is 0 Å². The average molecular weight is 580 g/mol. The van der Waals surface area contributed by atoms with E-state index in [0.29, 0.717) is 42.8 Å². The first-order valence-corrected chi connectivity index (χ1v) is 11.8. The van der Waals surface area contributed by atoms with Gasteiger partial charge in [-0.25, -0.2) is 0 Å². The fourth-order valence-corrected chi connectivity index (χ4v) is 5.29. The quantitative estimate of drug-likeness (QED) is 0.332. The standard InChI is InChI=1S/C20H15Br2Cl2NO3S/c1-2-5-25-19(26)17(29-20(25)27)9-12-6-13(21)18(14(22)7-12)28-10-11-3-4-15(23)16(24)8-11/h3-4,6-9H,2,5,10H2,1H3/b17-9+. The van der Waals surface area contributed by atoms with Gasteiger partial charge in [-0.15, -0.1) is 0 Å². The van der Waals surface area contributed by atoms with E-state index in [4.69, 9.17) is 27.9 Å². The third kappa shape index (κ3) is 5.39. The summed E-state index contributed by atoms with van der Waals surface area (Å²) in [6, 6.07) is 9.00. The molecular formula is C20H15Br2Cl2NO3S. The first-order valence-electron chi connectivity index (χ1n) is 8.61. The number of nitrogens with zero attached hydrogens (tertiary/aromatic N) is 1. The number of hydrogen-bond donors (Lipinski definition) is 0. The topological polar surface area (TPSA) is 46.6 Å². The molecule has 1 fully saturated rings. The predicted molar refractivity (Wildman–Crippen MR) is 126 cm³/mol. The average Bonchev–Trinajstić information content (AvgIpc) is 2.91. The van der Waals surface area contributed by atoms with E-state index >= 15 is 0 Å². The second-order valence-electron chi connectivity index (χ2n) is 6.18. The number of benzene rings is 2. The van der Waals surface area contributed by atoms with Crippen molar-refractivity contribution in [3.05, 3.63) is 65.4 Å². The molecular weight excluding hydrogens is 565 g/mol. The number of amides is 2. The molecule has 2 aromatic rings. The van der Waals surface area contributed by atoms with Gasteiger partial charge in [0.05, 0.1) is 23.9 Å². The maximum atomic E-state index is 12.4. The molecule has 0 radical (unpaired) electrons. The van der Waals surface area contributed by atoms with Gasteiger partial charge in [0.2, 0.25) is 0 Å². The van der Waals surface area contributed by atoms with Crippen LogP contribution in [0, 0.1) is 0 Å². The van der Waals surface area contributed by atoms with Gasteiger partial charge in [0, 0.05) is 6.54 Å². The van der Waals surface area contributed by atoms with Crippen LogP contribution < -0.4 is 4.74 Å². The molecule has 0 aromatic heterocycles. The lowest BCUT2D eigenvalue weighted by atomic mass is 10.2. The Kier molecular flexibility index (Phi) is 7.73. The highest BCUT2D eigenvalue weighted by atomic mass is 79.9.